The number of anilines is 1. The second kappa shape index (κ2) is 5.35. The molecule has 0 aromatic carbocycles. The van der Waals surface area contributed by atoms with Gasteiger partial charge in [0.1, 0.15) is 5.82 Å². The SMILES string of the molecule is CCc1cc(C(=O)O)cc(NCC2CC(O)C2)n1. The minimum Gasteiger partial charge on any atom is -0.478 e. The molecule has 0 amide bonds. The summed E-state index contributed by atoms with van der Waals surface area (Å²) in [7, 11) is 0. The Morgan fingerprint density at radius 1 is 1.50 bits per heavy atom. The number of rotatable bonds is 5. The normalized spacial score (nSPS) is 22.3. The van der Waals surface area contributed by atoms with E-state index >= 15 is 0 Å². The van der Waals surface area contributed by atoms with Crippen LogP contribution in [-0.2, 0) is 6.42 Å². The predicted octanol–water partition coefficient (Wildman–Crippen LogP) is 1.52. The van der Waals surface area contributed by atoms with Gasteiger partial charge < -0.3 is 15.5 Å². The van der Waals surface area contributed by atoms with Gasteiger partial charge in [0.2, 0.25) is 0 Å². The smallest absolute Gasteiger partial charge is 0.335 e. The number of aliphatic hydroxyl groups excluding tert-OH is 1. The third-order valence-corrected chi connectivity index (χ3v) is 3.27. The monoisotopic (exact) mass is 250 g/mol. The molecule has 0 spiro atoms. The van der Waals surface area contributed by atoms with Crippen LogP contribution >= 0.6 is 0 Å². The van der Waals surface area contributed by atoms with Crippen molar-refractivity contribution in [1.82, 2.24) is 4.98 Å². The van der Waals surface area contributed by atoms with E-state index in [1.54, 1.807) is 12.1 Å². The molecule has 18 heavy (non-hydrogen) atoms. The summed E-state index contributed by atoms with van der Waals surface area (Å²) >= 11 is 0. The van der Waals surface area contributed by atoms with Gasteiger partial charge in [-0.25, -0.2) is 9.78 Å². The Bertz CT molecular complexity index is 442. The average Bonchev–Trinajstić information content (AvgIpc) is 2.32. The minimum atomic E-state index is -0.936. The van der Waals surface area contributed by atoms with Crippen LogP contribution < -0.4 is 5.32 Å². The first kappa shape index (κ1) is 12.8. The molecule has 0 unspecified atom stereocenters. The van der Waals surface area contributed by atoms with Crippen LogP contribution in [0.5, 0.6) is 0 Å². The molecule has 1 saturated carbocycles. The number of aryl methyl sites for hydroxylation is 1. The van der Waals surface area contributed by atoms with Gasteiger partial charge in [-0.1, -0.05) is 6.92 Å². The Kier molecular flexibility index (Phi) is 3.81. The molecule has 1 aliphatic carbocycles. The zero-order valence-corrected chi connectivity index (χ0v) is 10.4. The van der Waals surface area contributed by atoms with Crippen molar-refractivity contribution in [3.8, 4) is 0 Å². The van der Waals surface area contributed by atoms with E-state index in [0.717, 1.165) is 25.1 Å². The summed E-state index contributed by atoms with van der Waals surface area (Å²) in [6.45, 7) is 2.68. The number of carbonyl (C=O) groups is 1. The second-order valence-corrected chi connectivity index (χ2v) is 4.76. The Hall–Kier alpha value is -1.62. The van der Waals surface area contributed by atoms with Crippen LogP contribution in [0.3, 0.4) is 0 Å². The van der Waals surface area contributed by atoms with Gasteiger partial charge in [-0.3, -0.25) is 0 Å². The molecule has 0 atom stereocenters. The molecule has 1 aliphatic rings. The van der Waals surface area contributed by atoms with E-state index in [1.165, 1.54) is 0 Å². The first-order chi connectivity index (χ1) is 8.58. The van der Waals surface area contributed by atoms with Gasteiger partial charge in [-0.2, -0.15) is 0 Å². The van der Waals surface area contributed by atoms with Gasteiger partial charge in [0.15, 0.2) is 0 Å². The molecule has 98 valence electrons. The van der Waals surface area contributed by atoms with Crippen molar-refractivity contribution in [3.05, 3.63) is 23.4 Å². The Balaban J connectivity index is 2.02. The highest BCUT2D eigenvalue weighted by molar-refractivity contribution is 5.88. The number of pyridine rings is 1. The topological polar surface area (TPSA) is 82.5 Å². The zero-order chi connectivity index (χ0) is 13.1. The third-order valence-electron chi connectivity index (χ3n) is 3.27. The molecule has 1 heterocycles. The number of aromatic nitrogens is 1. The van der Waals surface area contributed by atoms with Crippen LogP contribution in [0.4, 0.5) is 5.82 Å². The lowest BCUT2D eigenvalue weighted by atomic mass is 9.82. The second-order valence-electron chi connectivity index (χ2n) is 4.76. The quantitative estimate of drug-likeness (QED) is 0.738. The van der Waals surface area contributed by atoms with Crippen LogP contribution in [0, 0.1) is 5.92 Å². The van der Waals surface area contributed by atoms with E-state index in [1.807, 2.05) is 6.92 Å². The molecule has 3 N–H and O–H groups in total. The molecular formula is C13H18N2O3. The van der Waals surface area contributed by atoms with Crippen molar-refractivity contribution < 1.29 is 15.0 Å². The van der Waals surface area contributed by atoms with Crippen molar-refractivity contribution in [2.24, 2.45) is 5.92 Å². The lowest BCUT2D eigenvalue weighted by Crippen LogP contribution is -2.33. The maximum Gasteiger partial charge on any atom is 0.335 e. The zero-order valence-electron chi connectivity index (χ0n) is 10.4. The van der Waals surface area contributed by atoms with E-state index < -0.39 is 5.97 Å². The summed E-state index contributed by atoms with van der Waals surface area (Å²) in [6, 6.07) is 3.15. The molecule has 0 bridgehead atoms. The lowest BCUT2D eigenvalue weighted by molar-refractivity contribution is 0.0486. The Morgan fingerprint density at radius 3 is 2.78 bits per heavy atom. The van der Waals surface area contributed by atoms with E-state index in [4.69, 9.17) is 5.11 Å². The van der Waals surface area contributed by atoms with Gasteiger partial charge in [-0.05, 0) is 37.3 Å². The molecule has 1 fully saturated rings. The summed E-state index contributed by atoms with van der Waals surface area (Å²) < 4.78 is 0. The molecule has 1 aromatic rings. The van der Waals surface area contributed by atoms with Gasteiger partial charge in [-0.15, -0.1) is 0 Å². The van der Waals surface area contributed by atoms with E-state index in [0.29, 0.717) is 18.2 Å². The molecule has 0 saturated heterocycles. The van der Waals surface area contributed by atoms with Crippen molar-refractivity contribution in [2.75, 3.05) is 11.9 Å². The number of carboxylic acid groups (broad SMARTS) is 1. The summed E-state index contributed by atoms with van der Waals surface area (Å²) in [5.74, 6) is 0.128. The van der Waals surface area contributed by atoms with Crippen molar-refractivity contribution in [3.63, 3.8) is 0 Å². The van der Waals surface area contributed by atoms with Crippen molar-refractivity contribution >= 4 is 11.8 Å². The fourth-order valence-electron chi connectivity index (χ4n) is 2.10. The number of hydrogen-bond donors (Lipinski definition) is 3. The van der Waals surface area contributed by atoms with Crippen LogP contribution in [0.1, 0.15) is 35.8 Å². The number of nitrogens with one attached hydrogen (secondary N) is 1. The van der Waals surface area contributed by atoms with Crippen LogP contribution in [0.15, 0.2) is 12.1 Å². The fraction of sp³-hybridized carbons (Fsp3) is 0.538. The highest BCUT2D eigenvalue weighted by Crippen LogP contribution is 2.27. The van der Waals surface area contributed by atoms with Gasteiger partial charge in [0, 0.05) is 12.2 Å². The number of carboxylic acids is 1. The maximum absolute atomic E-state index is 11.0. The standard InChI is InChI=1S/C13H18N2O3/c1-2-10-5-9(13(17)18)6-12(15-10)14-7-8-3-11(16)4-8/h5-6,8,11,16H,2-4,7H2,1H3,(H,14,15)(H,17,18). The fourth-order valence-corrected chi connectivity index (χ4v) is 2.10. The van der Waals surface area contributed by atoms with Gasteiger partial charge in [0.25, 0.3) is 0 Å². The van der Waals surface area contributed by atoms with Gasteiger partial charge >= 0.3 is 5.97 Å². The van der Waals surface area contributed by atoms with Crippen molar-refractivity contribution in [1.29, 1.82) is 0 Å². The molecule has 0 radical (unpaired) electrons. The largest absolute Gasteiger partial charge is 0.478 e. The highest BCUT2D eigenvalue weighted by atomic mass is 16.4. The molecule has 5 heteroatoms. The highest BCUT2D eigenvalue weighted by Gasteiger charge is 2.26. The summed E-state index contributed by atoms with van der Waals surface area (Å²) in [5.41, 5.74) is 1.03. The Morgan fingerprint density at radius 2 is 2.22 bits per heavy atom. The lowest BCUT2D eigenvalue weighted by Gasteiger charge is -2.31. The van der Waals surface area contributed by atoms with E-state index in [9.17, 15) is 9.90 Å². The first-order valence-corrected chi connectivity index (χ1v) is 6.24. The third kappa shape index (κ3) is 2.98. The number of nitrogens with zero attached hydrogens (tertiary/aromatic N) is 1. The number of aromatic carboxylic acids is 1. The first-order valence-electron chi connectivity index (χ1n) is 6.24. The predicted molar refractivity (Wildman–Crippen MR) is 67.8 cm³/mol. The molecule has 5 nitrogen and oxygen atoms in total. The average molecular weight is 250 g/mol. The van der Waals surface area contributed by atoms with Gasteiger partial charge in [0.05, 0.1) is 11.7 Å². The molecule has 0 aliphatic heterocycles. The van der Waals surface area contributed by atoms with Crippen molar-refractivity contribution in [2.45, 2.75) is 32.3 Å². The van der Waals surface area contributed by atoms with E-state index in [2.05, 4.69) is 10.3 Å². The van der Waals surface area contributed by atoms with E-state index in [-0.39, 0.29) is 11.7 Å². The number of aliphatic hydroxyl groups is 1. The summed E-state index contributed by atoms with van der Waals surface area (Å²) in [5, 5.41) is 21.4. The number of hydrogen-bond acceptors (Lipinski definition) is 4. The Labute approximate surface area is 106 Å². The molecule has 2 rings (SSSR count). The van der Waals surface area contributed by atoms with Crippen LogP contribution in [0.2, 0.25) is 0 Å². The van der Waals surface area contributed by atoms with Crippen LogP contribution in [-0.4, -0.2) is 33.8 Å². The summed E-state index contributed by atoms with van der Waals surface area (Å²) in [4.78, 5) is 15.3. The summed E-state index contributed by atoms with van der Waals surface area (Å²) in [6.07, 6.45) is 2.16. The molecule has 1 aromatic heterocycles. The molecular weight excluding hydrogens is 232 g/mol. The maximum atomic E-state index is 11.0. The minimum absolute atomic E-state index is 0.165. The van der Waals surface area contributed by atoms with Crippen LogP contribution in [0.25, 0.3) is 0 Å².